The summed E-state index contributed by atoms with van der Waals surface area (Å²) in [7, 11) is 1.40. The molecule has 0 saturated carbocycles. The van der Waals surface area contributed by atoms with E-state index in [-0.39, 0.29) is 0 Å². The number of carboxylic acid groups (broad SMARTS) is 1. The van der Waals surface area contributed by atoms with Crippen LogP contribution in [0.5, 0.6) is 17.2 Å². The van der Waals surface area contributed by atoms with Gasteiger partial charge in [-0.3, -0.25) is 0 Å². The molecule has 1 N–H and O–H groups in total. The average Bonchev–Trinajstić information content (AvgIpc) is 2.77. The number of para-hydroxylation sites is 2. The van der Waals surface area contributed by atoms with E-state index < -0.39 is 12.1 Å². The van der Waals surface area contributed by atoms with E-state index in [1.54, 1.807) is 0 Å². The molecule has 1 unspecified atom stereocenters. The second-order valence-electron chi connectivity index (χ2n) is 6.93. The molecule has 0 amide bonds. The van der Waals surface area contributed by atoms with Gasteiger partial charge in [0.15, 0.2) is 6.10 Å². The number of benzene rings is 3. The molecule has 0 saturated heterocycles. The van der Waals surface area contributed by atoms with E-state index in [0.29, 0.717) is 18.8 Å². The third kappa shape index (κ3) is 4.21. The zero-order valence-corrected chi connectivity index (χ0v) is 16.6. The zero-order valence-electron chi connectivity index (χ0n) is 16.6. The lowest BCUT2D eigenvalue weighted by atomic mass is 9.94. The third-order valence-corrected chi connectivity index (χ3v) is 5.02. The normalized spacial score (nSPS) is 12.9. The topological polar surface area (TPSA) is 65.0 Å². The maximum absolute atomic E-state index is 11.1. The van der Waals surface area contributed by atoms with Gasteiger partial charge in [-0.25, -0.2) is 4.79 Å². The smallest absolute Gasteiger partial charge is 0.333 e. The van der Waals surface area contributed by atoms with Gasteiger partial charge in [-0.2, -0.15) is 0 Å². The van der Waals surface area contributed by atoms with Gasteiger partial charge < -0.3 is 19.3 Å². The Morgan fingerprint density at radius 2 is 1.57 bits per heavy atom. The Labute approximate surface area is 175 Å². The van der Waals surface area contributed by atoms with Gasteiger partial charge in [0, 0.05) is 24.7 Å². The first kappa shape index (κ1) is 19.7. The van der Waals surface area contributed by atoms with Crippen molar-refractivity contribution in [3.63, 3.8) is 0 Å². The van der Waals surface area contributed by atoms with Crippen molar-refractivity contribution in [3.8, 4) is 17.2 Å². The van der Waals surface area contributed by atoms with Crippen LogP contribution >= 0.6 is 0 Å². The number of hydrogen-bond acceptors (Lipinski definition) is 4. The van der Waals surface area contributed by atoms with Crippen LogP contribution in [0.1, 0.15) is 16.7 Å². The van der Waals surface area contributed by atoms with Gasteiger partial charge in [0.2, 0.25) is 0 Å². The molecule has 30 heavy (non-hydrogen) atoms. The molecule has 1 heterocycles. The van der Waals surface area contributed by atoms with Crippen molar-refractivity contribution < 1.29 is 24.1 Å². The van der Waals surface area contributed by atoms with Gasteiger partial charge in [0.1, 0.15) is 23.9 Å². The second kappa shape index (κ2) is 8.84. The maximum atomic E-state index is 11.1. The summed E-state index contributed by atoms with van der Waals surface area (Å²) in [5.41, 5.74) is 4.03. The summed E-state index contributed by atoms with van der Waals surface area (Å²) in [5.74, 6) is 1.41. The highest BCUT2D eigenvalue weighted by Gasteiger charge is 2.21. The third-order valence-electron chi connectivity index (χ3n) is 5.02. The summed E-state index contributed by atoms with van der Waals surface area (Å²) in [6.45, 7) is 0.396. The highest BCUT2D eigenvalue weighted by atomic mass is 16.5. The minimum atomic E-state index is -0.971. The fourth-order valence-corrected chi connectivity index (χ4v) is 3.47. The molecule has 0 spiro atoms. The van der Waals surface area contributed by atoms with Gasteiger partial charge in [-0.1, -0.05) is 48.5 Å². The van der Waals surface area contributed by atoms with Crippen molar-refractivity contribution >= 4 is 11.5 Å². The van der Waals surface area contributed by atoms with E-state index in [9.17, 15) is 4.79 Å². The SMILES string of the molecule is COC(Cc1ccc(OCC=C2c3ccccc3Oc3ccccc32)cc1)C(=O)O. The molecule has 1 atom stereocenters. The van der Waals surface area contributed by atoms with E-state index in [4.69, 9.17) is 19.3 Å². The number of rotatable bonds is 7. The first-order valence-corrected chi connectivity index (χ1v) is 9.70. The summed E-state index contributed by atoms with van der Waals surface area (Å²) in [4.78, 5) is 11.1. The lowest BCUT2D eigenvalue weighted by Crippen LogP contribution is -2.24. The Morgan fingerprint density at radius 1 is 0.967 bits per heavy atom. The molecule has 3 aromatic carbocycles. The summed E-state index contributed by atoms with van der Waals surface area (Å²) < 4.78 is 16.9. The van der Waals surface area contributed by atoms with Crippen LogP contribution in [-0.4, -0.2) is 30.9 Å². The van der Waals surface area contributed by atoms with Crippen molar-refractivity contribution in [2.24, 2.45) is 0 Å². The Morgan fingerprint density at radius 3 is 2.13 bits per heavy atom. The quantitative estimate of drug-likeness (QED) is 0.474. The number of carboxylic acids is 1. The van der Waals surface area contributed by atoms with E-state index in [0.717, 1.165) is 33.8 Å². The fraction of sp³-hybridized carbons (Fsp3) is 0.160. The first-order chi connectivity index (χ1) is 14.7. The van der Waals surface area contributed by atoms with Crippen LogP contribution in [0.3, 0.4) is 0 Å². The minimum Gasteiger partial charge on any atom is -0.490 e. The van der Waals surface area contributed by atoms with E-state index in [2.05, 4.69) is 6.08 Å². The van der Waals surface area contributed by atoms with Crippen molar-refractivity contribution in [2.75, 3.05) is 13.7 Å². The average molecular weight is 402 g/mol. The molecule has 5 heteroatoms. The number of hydrogen-bond donors (Lipinski definition) is 1. The van der Waals surface area contributed by atoms with Gasteiger partial charge in [-0.05, 0) is 41.5 Å². The predicted octanol–water partition coefficient (Wildman–Crippen LogP) is 4.95. The lowest BCUT2D eigenvalue weighted by molar-refractivity contribution is -0.148. The minimum absolute atomic E-state index is 0.309. The Bertz CT molecular complexity index is 1020. The van der Waals surface area contributed by atoms with E-state index in [1.165, 1.54) is 7.11 Å². The molecule has 1 aliphatic heterocycles. The monoisotopic (exact) mass is 402 g/mol. The Kier molecular flexibility index (Phi) is 5.82. The van der Waals surface area contributed by atoms with Crippen LogP contribution in [0.2, 0.25) is 0 Å². The number of carbonyl (C=O) groups is 1. The molecule has 0 radical (unpaired) electrons. The number of methoxy groups -OCH3 is 1. The number of aliphatic carboxylic acids is 1. The van der Waals surface area contributed by atoms with Gasteiger partial charge in [-0.15, -0.1) is 0 Å². The van der Waals surface area contributed by atoms with E-state index in [1.807, 2.05) is 72.8 Å². The Balaban J connectivity index is 1.48. The molecule has 152 valence electrons. The number of ether oxygens (including phenoxy) is 3. The van der Waals surface area contributed by atoms with Crippen molar-refractivity contribution in [1.82, 2.24) is 0 Å². The van der Waals surface area contributed by atoms with Crippen LogP contribution in [0, 0.1) is 0 Å². The molecule has 0 aromatic heterocycles. The fourth-order valence-electron chi connectivity index (χ4n) is 3.47. The van der Waals surface area contributed by atoms with E-state index >= 15 is 0 Å². The molecule has 5 nitrogen and oxygen atoms in total. The highest BCUT2D eigenvalue weighted by molar-refractivity contribution is 5.87. The van der Waals surface area contributed by atoms with Crippen LogP contribution in [0.25, 0.3) is 5.57 Å². The molecule has 4 rings (SSSR count). The molecular weight excluding hydrogens is 380 g/mol. The largest absolute Gasteiger partial charge is 0.490 e. The van der Waals surface area contributed by atoms with Crippen molar-refractivity contribution in [3.05, 3.63) is 95.6 Å². The molecule has 3 aromatic rings. The van der Waals surface area contributed by atoms with Gasteiger partial charge >= 0.3 is 5.97 Å². The summed E-state index contributed by atoms with van der Waals surface area (Å²) >= 11 is 0. The zero-order chi connectivity index (χ0) is 20.9. The predicted molar refractivity (Wildman–Crippen MR) is 114 cm³/mol. The highest BCUT2D eigenvalue weighted by Crippen LogP contribution is 2.43. The summed E-state index contributed by atoms with van der Waals surface area (Å²) in [6, 6.07) is 23.3. The Hall–Kier alpha value is -3.57. The molecule has 0 aliphatic carbocycles. The molecule has 1 aliphatic rings. The molecule has 0 fully saturated rings. The van der Waals surface area contributed by atoms with Gasteiger partial charge in [0.05, 0.1) is 0 Å². The van der Waals surface area contributed by atoms with Crippen LogP contribution in [0.4, 0.5) is 0 Å². The van der Waals surface area contributed by atoms with Crippen LogP contribution in [-0.2, 0) is 16.0 Å². The maximum Gasteiger partial charge on any atom is 0.333 e. The van der Waals surface area contributed by atoms with Crippen molar-refractivity contribution in [1.29, 1.82) is 0 Å². The molecular formula is C25H22O5. The summed E-state index contributed by atoms with van der Waals surface area (Å²) in [6.07, 6.45) is 1.51. The first-order valence-electron chi connectivity index (χ1n) is 9.70. The summed E-state index contributed by atoms with van der Waals surface area (Å²) in [5, 5.41) is 9.10. The second-order valence-corrected chi connectivity index (χ2v) is 6.93. The standard InChI is InChI=1S/C25H22O5/c1-28-24(25(26)27)16-17-10-12-18(13-11-17)29-15-14-19-20-6-2-4-8-22(20)30-23-9-5-3-7-21(19)23/h2-14,24H,15-16H2,1H3,(H,26,27). The van der Waals surface area contributed by atoms with Crippen LogP contribution < -0.4 is 9.47 Å². The number of fused-ring (bicyclic) bond motifs is 2. The van der Waals surface area contributed by atoms with Crippen LogP contribution in [0.15, 0.2) is 78.9 Å². The lowest BCUT2D eigenvalue weighted by Gasteiger charge is -2.22. The van der Waals surface area contributed by atoms with Crippen molar-refractivity contribution in [2.45, 2.75) is 12.5 Å². The van der Waals surface area contributed by atoms with Gasteiger partial charge in [0.25, 0.3) is 0 Å². The molecule has 0 bridgehead atoms.